The molecule has 3 nitrogen and oxygen atoms in total. The van der Waals surface area contributed by atoms with Crippen LogP contribution in [0.15, 0.2) is 18.3 Å². The number of hydrogen-bond acceptors (Lipinski definition) is 3. The lowest BCUT2D eigenvalue weighted by Crippen LogP contribution is -2.31. The van der Waals surface area contributed by atoms with Gasteiger partial charge in [0.15, 0.2) is 0 Å². The first-order chi connectivity index (χ1) is 11.5. The van der Waals surface area contributed by atoms with Crippen molar-refractivity contribution >= 4 is 5.82 Å². The van der Waals surface area contributed by atoms with Crippen LogP contribution in [0.2, 0.25) is 0 Å². The molecule has 24 heavy (non-hydrogen) atoms. The molecule has 1 aromatic rings. The van der Waals surface area contributed by atoms with Gasteiger partial charge in [-0.05, 0) is 56.2 Å². The molecule has 0 unspecified atom stereocenters. The molecule has 0 N–H and O–H groups in total. The van der Waals surface area contributed by atoms with Crippen LogP contribution in [0.5, 0.6) is 0 Å². The second kappa shape index (κ2) is 7.72. The smallest absolute Gasteiger partial charge is 0.356 e. The fourth-order valence-corrected chi connectivity index (χ4v) is 3.90. The van der Waals surface area contributed by atoms with Crippen LogP contribution in [0.25, 0.3) is 0 Å². The molecule has 0 aliphatic carbocycles. The van der Waals surface area contributed by atoms with Crippen molar-refractivity contribution in [1.29, 1.82) is 0 Å². The average molecular weight is 341 g/mol. The van der Waals surface area contributed by atoms with Gasteiger partial charge in [-0.15, -0.1) is 0 Å². The van der Waals surface area contributed by atoms with Crippen molar-refractivity contribution in [2.75, 3.05) is 37.6 Å². The van der Waals surface area contributed by atoms with Crippen LogP contribution in [-0.2, 0) is 6.42 Å². The third-order valence-electron chi connectivity index (χ3n) is 5.11. The number of anilines is 1. The number of likely N-dealkylation sites (tertiary alicyclic amines) is 1. The van der Waals surface area contributed by atoms with Crippen LogP contribution >= 0.6 is 0 Å². The van der Waals surface area contributed by atoms with E-state index in [-0.39, 0.29) is 5.92 Å². The van der Waals surface area contributed by atoms with Gasteiger partial charge in [0.25, 0.3) is 0 Å². The Morgan fingerprint density at radius 2 is 1.92 bits per heavy atom. The predicted octanol–water partition coefficient (Wildman–Crippen LogP) is 3.89. The van der Waals surface area contributed by atoms with Gasteiger partial charge in [-0.1, -0.05) is 6.07 Å². The summed E-state index contributed by atoms with van der Waals surface area (Å²) >= 11 is 0. The molecule has 2 aliphatic heterocycles. The van der Waals surface area contributed by atoms with E-state index in [9.17, 15) is 13.2 Å². The van der Waals surface area contributed by atoms with Crippen LogP contribution in [0.1, 0.15) is 37.7 Å². The van der Waals surface area contributed by atoms with Crippen LogP contribution in [-0.4, -0.2) is 48.8 Å². The lowest BCUT2D eigenvalue weighted by Gasteiger charge is -2.29. The number of pyridine rings is 1. The molecule has 134 valence electrons. The second-order valence-electron chi connectivity index (χ2n) is 7.06. The van der Waals surface area contributed by atoms with E-state index >= 15 is 0 Å². The number of aromatic nitrogens is 1. The van der Waals surface area contributed by atoms with Crippen molar-refractivity contribution in [1.82, 2.24) is 9.88 Å². The number of piperidine rings is 1. The van der Waals surface area contributed by atoms with Crippen molar-refractivity contribution in [3.8, 4) is 0 Å². The van der Waals surface area contributed by atoms with Crippen molar-refractivity contribution in [3.05, 3.63) is 23.9 Å². The lowest BCUT2D eigenvalue weighted by atomic mass is 10.1. The summed E-state index contributed by atoms with van der Waals surface area (Å²) in [7, 11) is 0. The van der Waals surface area contributed by atoms with Gasteiger partial charge in [0, 0.05) is 38.8 Å². The van der Waals surface area contributed by atoms with E-state index in [1.807, 2.05) is 12.3 Å². The zero-order valence-electron chi connectivity index (χ0n) is 14.1. The van der Waals surface area contributed by atoms with Gasteiger partial charge in [-0.2, -0.15) is 13.2 Å². The number of nitrogens with zero attached hydrogens (tertiary/aromatic N) is 3. The summed E-state index contributed by atoms with van der Waals surface area (Å²) in [6, 6.07) is 4.07. The highest BCUT2D eigenvalue weighted by molar-refractivity contribution is 5.47. The largest absolute Gasteiger partial charge is 0.389 e. The fraction of sp³-hybridized carbons (Fsp3) is 0.722. The van der Waals surface area contributed by atoms with Gasteiger partial charge < -0.3 is 9.80 Å². The van der Waals surface area contributed by atoms with E-state index in [1.54, 1.807) is 0 Å². The molecule has 1 atom stereocenters. The molecule has 3 rings (SSSR count). The summed E-state index contributed by atoms with van der Waals surface area (Å²) < 4.78 is 37.5. The van der Waals surface area contributed by atoms with E-state index in [0.29, 0.717) is 13.0 Å². The quantitative estimate of drug-likeness (QED) is 0.810. The Morgan fingerprint density at radius 1 is 1.12 bits per heavy atom. The van der Waals surface area contributed by atoms with E-state index < -0.39 is 12.6 Å². The average Bonchev–Trinajstić information content (AvgIpc) is 2.99. The van der Waals surface area contributed by atoms with Gasteiger partial charge >= 0.3 is 6.18 Å². The molecular formula is C18H26F3N3. The second-order valence-corrected chi connectivity index (χ2v) is 7.06. The molecule has 6 heteroatoms. The van der Waals surface area contributed by atoms with Crippen LogP contribution < -0.4 is 4.90 Å². The highest BCUT2D eigenvalue weighted by Crippen LogP contribution is 2.30. The molecule has 0 bridgehead atoms. The van der Waals surface area contributed by atoms with E-state index in [1.165, 1.54) is 24.8 Å². The molecule has 3 heterocycles. The van der Waals surface area contributed by atoms with Gasteiger partial charge in [-0.3, -0.25) is 0 Å². The summed E-state index contributed by atoms with van der Waals surface area (Å²) in [6.45, 7) is 4.28. The summed E-state index contributed by atoms with van der Waals surface area (Å²) in [5, 5.41) is 0. The fourth-order valence-electron chi connectivity index (χ4n) is 3.90. The highest BCUT2D eigenvalue weighted by Gasteiger charge is 2.35. The minimum Gasteiger partial charge on any atom is -0.356 e. The number of hydrogen-bond donors (Lipinski definition) is 0. The minimum absolute atomic E-state index is 0.236. The molecule has 0 spiro atoms. The summed E-state index contributed by atoms with van der Waals surface area (Å²) in [5.74, 6) is 0.837. The van der Waals surface area contributed by atoms with E-state index in [0.717, 1.165) is 38.4 Å². The Bertz CT molecular complexity index is 526. The summed E-state index contributed by atoms with van der Waals surface area (Å²) in [6.07, 6.45) is 2.38. The topological polar surface area (TPSA) is 19.4 Å². The zero-order chi connectivity index (χ0) is 17.0. The Labute approximate surface area is 141 Å². The van der Waals surface area contributed by atoms with Crippen LogP contribution in [0.4, 0.5) is 19.0 Å². The monoisotopic (exact) mass is 341 g/mol. The van der Waals surface area contributed by atoms with Crippen molar-refractivity contribution in [3.63, 3.8) is 0 Å². The zero-order valence-corrected chi connectivity index (χ0v) is 14.1. The normalized spacial score (nSPS) is 23.0. The molecule has 2 fully saturated rings. The van der Waals surface area contributed by atoms with E-state index in [4.69, 9.17) is 0 Å². The Balaban J connectivity index is 1.54. The standard InChI is InChI=1S/C18H26F3N3/c19-18(20,21)13-15-6-11-23(14-15)12-7-16-5-4-8-22-17(16)24-9-2-1-3-10-24/h4-5,8,15H,1-3,6-7,9-14H2/t15-/m0/s1. The predicted molar refractivity (Wildman–Crippen MR) is 89.2 cm³/mol. The first-order valence-electron chi connectivity index (χ1n) is 8.99. The molecule has 0 radical (unpaired) electrons. The van der Waals surface area contributed by atoms with Gasteiger partial charge in [0.2, 0.25) is 0 Å². The van der Waals surface area contributed by atoms with Crippen molar-refractivity contribution in [2.45, 2.75) is 44.7 Å². The maximum absolute atomic E-state index is 12.5. The van der Waals surface area contributed by atoms with Crippen molar-refractivity contribution in [2.24, 2.45) is 5.92 Å². The minimum atomic E-state index is -4.04. The number of rotatable bonds is 5. The van der Waals surface area contributed by atoms with Gasteiger partial charge in [0.1, 0.15) is 5.82 Å². The number of alkyl halides is 3. The third kappa shape index (κ3) is 4.85. The first kappa shape index (κ1) is 17.5. The van der Waals surface area contributed by atoms with E-state index in [2.05, 4.69) is 20.9 Å². The molecule has 0 saturated carbocycles. The third-order valence-corrected chi connectivity index (χ3v) is 5.11. The Morgan fingerprint density at radius 3 is 2.67 bits per heavy atom. The summed E-state index contributed by atoms with van der Waals surface area (Å²) in [5.41, 5.74) is 1.22. The molecule has 2 saturated heterocycles. The Kier molecular flexibility index (Phi) is 5.64. The van der Waals surface area contributed by atoms with Crippen LogP contribution in [0.3, 0.4) is 0 Å². The molecule has 1 aromatic heterocycles. The SMILES string of the molecule is FC(F)(F)C[C@@H]1CCN(CCc2cccnc2N2CCCCC2)C1. The Hall–Kier alpha value is -1.30. The molecule has 2 aliphatic rings. The highest BCUT2D eigenvalue weighted by atomic mass is 19.4. The first-order valence-corrected chi connectivity index (χ1v) is 8.99. The maximum atomic E-state index is 12.5. The van der Waals surface area contributed by atoms with Crippen LogP contribution in [0, 0.1) is 5.92 Å². The molecule has 0 amide bonds. The molecular weight excluding hydrogens is 315 g/mol. The van der Waals surface area contributed by atoms with Gasteiger partial charge in [0.05, 0.1) is 0 Å². The van der Waals surface area contributed by atoms with Gasteiger partial charge in [-0.25, -0.2) is 4.98 Å². The van der Waals surface area contributed by atoms with Crippen molar-refractivity contribution < 1.29 is 13.2 Å². The maximum Gasteiger partial charge on any atom is 0.389 e. The number of halogens is 3. The summed E-state index contributed by atoms with van der Waals surface area (Å²) in [4.78, 5) is 9.10. The lowest BCUT2D eigenvalue weighted by molar-refractivity contribution is -0.143. The molecule has 0 aromatic carbocycles.